The largest absolute Gasteiger partial charge is 0.494 e. The topological polar surface area (TPSA) is 67.0 Å². The van der Waals surface area contributed by atoms with Crippen LogP contribution in [0.2, 0.25) is 0 Å². The second kappa shape index (κ2) is 6.24. The Morgan fingerprint density at radius 2 is 2.32 bits per heavy atom. The van der Waals surface area contributed by atoms with Crippen LogP contribution in [0.4, 0.5) is 11.5 Å². The number of aromatic nitrogens is 2. The first-order valence-electron chi connectivity index (χ1n) is 5.87. The monoisotopic (exact) mass is 279 g/mol. The molecule has 5 nitrogen and oxygen atoms in total. The highest BCUT2D eigenvalue weighted by atomic mass is 35.5. The van der Waals surface area contributed by atoms with Crippen molar-refractivity contribution in [2.75, 3.05) is 11.9 Å². The third-order valence-corrected chi connectivity index (χ3v) is 2.76. The van der Waals surface area contributed by atoms with Gasteiger partial charge in [-0.05, 0) is 25.1 Å². The van der Waals surface area contributed by atoms with Gasteiger partial charge >= 0.3 is 0 Å². The summed E-state index contributed by atoms with van der Waals surface area (Å²) in [5.74, 6) is 1.33. The van der Waals surface area contributed by atoms with Crippen molar-refractivity contribution in [3.63, 3.8) is 0 Å². The molecule has 0 amide bonds. The third-order valence-electron chi connectivity index (χ3n) is 2.47. The minimum absolute atomic E-state index is 0.243. The number of anilines is 2. The Bertz CT molecular complexity index is 613. The van der Waals surface area contributed by atoms with Gasteiger partial charge in [0.1, 0.15) is 5.75 Å². The molecule has 6 heteroatoms. The Kier molecular flexibility index (Phi) is 4.41. The van der Waals surface area contributed by atoms with Gasteiger partial charge in [-0.15, -0.1) is 11.6 Å². The highest BCUT2D eigenvalue weighted by Crippen LogP contribution is 2.25. The highest BCUT2D eigenvalue weighted by molar-refractivity contribution is 6.17. The number of nitrogens with one attached hydrogen (secondary N) is 2. The van der Waals surface area contributed by atoms with E-state index in [1.807, 2.05) is 25.1 Å². The molecule has 0 aliphatic carbocycles. The van der Waals surface area contributed by atoms with Crippen molar-refractivity contribution in [3.8, 4) is 5.75 Å². The number of alkyl halides is 1. The quantitative estimate of drug-likeness (QED) is 0.826. The Balaban J connectivity index is 2.27. The van der Waals surface area contributed by atoms with Crippen LogP contribution >= 0.6 is 11.6 Å². The lowest BCUT2D eigenvalue weighted by molar-refractivity contribution is 0.337. The minimum Gasteiger partial charge on any atom is -0.494 e. The van der Waals surface area contributed by atoms with E-state index in [9.17, 15) is 4.79 Å². The summed E-state index contributed by atoms with van der Waals surface area (Å²) in [5.41, 5.74) is 1.33. The van der Waals surface area contributed by atoms with E-state index in [4.69, 9.17) is 16.3 Å². The number of hydrogen-bond acceptors (Lipinski definition) is 4. The Morgan fingerprint density at radius 3 is 3.00 bits per heavy atom. The lowest BCUT2D eigenvalue weighted by atomic mass is 10.2. The number of aromatic amines is 1. The SMILES string of the molecule is CCOc1ccc(Nc2ncc[nH]c2=O)cc1CCl. The van der Waals surface area contributed by atoms with E-state index in [1.165, 1.54) is 12.4 Å². The van der Waals surface area contributed by atoms with Crippen LogP contribution in [0.15, 0.2) is 35.4 Å². The first-order chi connectivity index (χ1) is 9.24. The molecule has 2 aromatic rings. The van der Waals surface area contributed by atoms with E-state index in [0.29, 0.717) is 12.5 Å². The second-order valence-electron chi connectivity index (χ2n) is 3.78. The minimum atomic E-state index is -0.274. The summed E-state index contributed by atoms with van der Waals surface area (Å²) in [6.07, 6.45) is 3.00. The molecule has 1 heterocycles. The zero-order valence-electron chi connectivity index (χ0n) is 10.4. The smallest absolute Gasteiger partial charge is 0.291 e. The van der Waals surface area contributed by atoms with Gasteiger partial charge in [0.05, 0.1) is 12.5 Å². The first-order valence-corrected chi connectivity index (χ1v) is 6.40. The van der Waals surface area contributed by atoms with Crippen LogP contribution in [0.1, 0.15) is 12.5 Å². The van der Waals surface area contributed by atoms with Gasteiger partial charge < -0.3 is 15.0 Å². The van der Waals surface area contributed by atoms with Gasteiger partial charge in [0.15, 0.2) is 5.82 Å². The number of hydrogen-bond donors (Lipinski definition) is 2. The highest BCUT2D eigenvalue weighted by Gasteiger charge is 2.06. The first kappa shape index (κ1) is 13.4. The molecule has 0 fully saturated rings. The molecule has 2 rings (SSSR count). The van der Waals surface area contributed by atoms with E-state index in [0.717, 1.165) is 17.0 Å². The maximum atomic E-state index is 11.5. The fourth-order valence-electron chi connectivity index (χ4n) is 1.64. The van der Waals surface area contributed by atoms with Crippen LogP contribution in [-0.2, 0) is 5.88 Å². The zero-order valence-corrected chi connectivity index (χ0v) is 11.2. The maximum Gasteiger partial charge on any atom is 0.291 e. The average Bonchev–Trinajstić information content (AvgIpc) is 2.43. The van der Waals surface area contributed by atoms with Crippen LogP contribution in [0.25, 0.3) is 0 Å². The summed E-state index contributed by atoms with van der Waals surface area (Å²) in [6.45, 7) is 2.49. The van der Waals surface area contributed by atoms with E-state index in [-0.39, 0.29) is 11.4 Å². The average molecular weight is 280 g/mol. The summed E-state index contributed by atoms with van der Waals surface area (Å²) in [6, 6.07) is 5.47. The molecule has 0 radical (unpaired) electrons. The van der Waals surface area contributed by atoms with Crippen molar-refractivity contribution in [1.29, 1.82) is 0 Å². The van der Waals surface area contributed by atoms with Gasteiger partial charge in [0.25, 0.3) is 5.56 Å². The molecular weight excluding hydrogens is 266 g/mol. The van der Waals surface area contributed by atoms with Crippen molar-refractivity contribution in [2.24, 2.45) is 0 Å². The summed E-state index contributed by atoms with van der Waals surface area (Å²) in [5, 5.41) is 2.95. The fourth-order valence-corrected chi connectivity index (χ4v) is 1.84. The summed E-state index contributed by atoms with van der Waals surface area (Å²) < 4.78 is 5.46. The Hall–Kier alpha value is -2.01. The molecule has 0 unspecified atom stereocenters. The molecule has 0 spiro atoms. The molecule has 100 valence electrons. The molecule has 0 atom stereocenters. The van der Waals surface area contributed by atoms with Crippen molar-refractivity contribution in [1.82, 2.24) is 9.97 Å². The summed E-state index contributed by atoms with van der Waals surface area (Å²) in [4.78, 5) is 18.0. The van der Waals surface area contributed by atoms with Gasteiger partial charge in [0, 0.05) is 23.6 Å². The molecule has 0 aliphatic rings. The Labute approximate surface area is 115 Å². The third kappa shape index (κ3) is 3.26. The number of ether oxygens (including phenoxy) is 1. The number of halogens is 1. The molecule has 0 bridgehead atoms. The molecule has 1 aromatic carbocycles. The summed E-state index contributed by atoms with van der Waals surface area (Å²) in [7, 11) is 0. The molecule has 0 aliphatic heterocycles. The summed E-state index contributed by atoms with van der Waals surface area (Å²) >= 11 is 5.88. The number of rotatable bonds is 5. The molecule has 0 saturated heterocycles. The van der Waals surface area contributed by atoms with Crippen LogP contribution in [0.3, 0.4) is 0 Å². The van der Waals surface area contributed by atoms with Crippen LogP contribution in [-0.4, -0.2) is 16.6 Å². The van der Waals surface area contributed by atoms with Crippen molar-refractivity contribution in [2.45, 2.75) is 12.8 Å². The van der Waals surface area contributed by atoms with Crippen molar-refractivity contribution >= 4 is 23.1 Å². The number of nitrogens with zero attached hydrogens (tertiary/aromatic N) is 1. The van der Waals surface area contributed by atoms with Crippen molar-refractivity contribution < 1.29 is 4.74 Å². The van der Waals surface area contributed by atoms with Crippen LogP contribution in [0.5, 0.6) is 5.75 Å². The van der Waals surface area contributed by atoms with E-state index < -0.39 is 0 Å². The van der Waals surface area contributed by atoms with Gasteiger partial charge in [-0.2, -0.15) is 0 Å². The number of benzene rings is 1. The Morgan fingerprint density at radius 1 is 1.47 bits per heavy atom. The molecule has 1 aromatic heterocycles. The molecular formula is C13H14ClN3O2. The van der Waals surface area contributed by atoms with Gasteiger partial charge in [-0.25, -0.2) is 4.98 Å². The lowest BCUT2D eigenvalue weighted by Crippen LogP contribution is -2.12. The molecule has 2 N–H and O–H groups in total. The predicted molar refractivity (Wildman–Crippen MR) is 75.3 cm³/mol. The fraction of sp³-hybridized carbons (Fsp3) is 0.231. The predicted octanol–water partition coefficient (Wildman–Crippen LogP) is 2.65. The van der Waals surface area contributed by atoms with Gasteiger partial charge in [-0.3, -0.25) is 4.79 Å². The zero-order chi connectivity index (χ0) is 13.7. The molecule has 0 saturated carbocycles. The van der Waals surface area contributed by atoms with Gasteiger partial charge in [-0.1, -0.05) is 0 Å². The van der Waals surface area contributed by atoms with E-state index >= 15 is 0 Å². The lowest BCUT2D eigenvalue weighted by Gasteiger charge is -2.11. The number of H-pyrrole nitrogens is 1. The van der Waals surface area contributed by atoms with Crippen molar-refractivity contribution in [3.05, 3.63) is 46.5 Å². The van der Waals surface area contributed by atoms with Crippen LogP contribution < -0.4 is 15.6 Å². The normalized spacial score (nSPS) is 10.2. The van der Waals surface area contributed by atoms with E-state index in [1.54, 1.807) is 0 Å². The maximum absolute atomic E-state index is 11.5. The molecule has 19 heavy (non-hydrogen) atoms. The van der Waals surface area contributed by atoms with Crippen LogP contribution in [0, 0.1) is 0 Å². The second-order valence-corrected chi connectivity index (χ2v) is 4.05. The van der Waals surface area contributed by atoms with Gasteiger partial charge in [0.2, 0.25) is 0 Å². The van der Waals surface area contributed by atoms with E-state index in [2.05, 4.69) is 15.3 Å². The standard InChI is InChI=1S/C13H14ClN3O2/c1-2-19-11-4-3-10(7-9(11)8-14)17-12-13(18)16-6-5-15-12/h3-7H,2,8H2,1H3,(H,15,17)(H,16,18).